The van der Waals surface area contributed by atoms with Gasteiger partial charge in [0.1, 0.15) is 11.5 Å². The van der Waals surface area contributed by atoms with Crippen LogP contribution in [0.4, 0.5) is 0 Å². The van der Waals surface area contributed by atoms with Gasteiger partial charge in [-0.05, 0) is 46.0 Å². The van der Waals surface area contributed by atoms with Gasteiger partial charge < -0.3 is 4.42 Å². The van der Waals surface area contributed by atoms with Crippen LogP contribution in [-0.2, 0) is 6.54 Å². The van der Waals surface area contributed by atoms with E-state index in [0.717, 1.165) is 23.8 Å². The van der Waals surface area contributed by atoms with Crippen molar-refractivity contribution in [3.05, 3.63) is 53.2 Å². The van der Waals surface area contributed by atoms with Crippen LogP contribution in [0, 0.1) is 13.8 Å². The summed E-state index contributed by atoms with van der Waals surface area (Å²) in [5.41, 5.74) is 2.34. The van der Waals surface area contributed by atoms with E-state index in [4.69, 9.17) is 4.42 Å². The molecule has 2 aromatic rings. The van der Waals surface area contributed by atoms with Crippen LogP contribution in [0.1, 0.15) is 35.7 Å². The van der Waals surface area contributed by atoms with Crippen molar-refractivity contribution in [3.63, 3.8) is 0 Å². The largest absolute Gasteiger partial charge is 0.466 e. The van der Waals surface area contributed by atoms with Crippen LogP contribution >= 0.6 is 0 Å². The second-order valence-corrected chi connectivity index (χ2v) is 4.78. The monoisotopic (exact) mass is 244 g/mol. The third-order valence-electron chi connectivity index (χ3n) is 3.34. The minimum atomic E-state index is 0.292. The number of rotatable bonds is 4. The molecule has 0 aliphatic rings. The SMILES string of the molecule is Cc1cc(CN(C)[C@H](C)c2ccccn2)c(C)o1. The molecule has 0 unspecified atom stereocenters. The second kappa shape index (κ2) is 5.36. The van der Waals surface area contributed by atoms with Gasteiger partial charge in [0.05, 0.1) is 5.69 Å². The highest BCUT2D eigenvalue weighted by atomic mass is 16.3. The summed E-state index contributed by atoms with van der Waals surface area (Å²) in [6.07, 6.45) is 1.84. The molecule has 0 aromatic carbocycles. The van der Waals surface area contributed by atoms with Crippen molar-refractivity contribution in [2.75, 3.05) is 7.05 Å². The summed E-state index contributed by atoms with van der Waals surface area (Å²) in [4.78, 5) is 6.68. The second-order valence-electron chi connectivity index (χ2n) is 4.78. The van der Waals surface area contributed by atoms with Gasteiger partial charge in [-0.1, -0.05) is 6.07 Å². The quantitative estimate of drug-likeness (QED) is 0.824. The first-order chi connectivity index (χ1) is 8.58. The van der Waals surface area contributed by atoms with Gasteiger partial charge in [0.25, 0.3) is 0 Å². The van der Waals surface area contributed by atoms with E-state index in [9.17, 15) is 0 Å². The molecule has 96 valence electrons. The van der Waals surface area contributed by atoms with Crippen LogP contribution in [0.15, 0.2) is 34.9 Å². The topological polar surface area (TPSA) is 29.3 Å². The predicted octanol–water partition coefficient (Wildman–Crippen LogP) is 3.48. The standard InChI is InChI=1S/C15H20N2O/c1-11-9-14(13(3)18-11)10-17(4)12(2)15-7-5-6-8-16-15/h5-9,12H,10H2,1-4H3/t12-/m1/s1. The average molecular weight is 244 g/mol. The molecule has 1 atom stereocenters. The van der Waals surface area contributed by atoms with E-state index in [1.807, 2.05) is 32.2 Å². The van der Waals surface area contributed by atoms with E-state index in [1.165, 1.54) is 5.56 Å². The highest BCUT2D eigenvalue weighted by Crippen LogP contribution is 2.21. The molecule has 0 radical (unpaired) electrons. The first-order valence-electron chi connectivity index (χ1n) is 6.25. The fourth-order valence-corrected chi connectivity index (χ4v) is 2.09. The normalized spacial score (nSPS) is 12.9. The molecule has 3 heteroatoms. The zero-order chi connectivity index (χ0) is 13.1. The molecule has 18 heavy (non-hydrogen) atoms. The molecule has 0 N–H and O–H groups in total. The number of aromatic nitrogens is 1. The third-order valence-corrected chi connectivity index (χ3v) is 3.34. The number of nitrogens with zero attached hydrogens (tertiary/aromatic N) is 2. The van der Waals surface area contributed by atoms with Crippen molar-refractivity contribution in [2.24, 2.45) is 0 Å². The Morgan fingerprint density at radius 1 is 1.33 bits per heavy atom. The molecule has 3 nitrogen and oxygen atoms in total. The molecule has 0 saturated heterocycles. The van der Waals surface area contributed by atoms with Crippen LogP contribution in [0.2, 0.25) is 0 Å². The molecule has 2 rings (SSSR count). The van der Waals surface area contributed by atoms with Gasteiger partial charge in [0, 0.05) is 24.3 Å². The molecular formula is C15H20N2O. The highest BCUT2D eigenvalue weighted by Gasteiger charge is 2.15. The first kappa shape index (κ1) is 12.8. The van der Waals surface area contributed by atoms with Crippen molar-refractivity contribution in [1.29, 1.82) is 0 Å². The number of aryl methyl sites for hydroxylation is 2. The van der Waals surface area contributed by atoms with Gasteiger partial charge in [-0.2, -0.15) is 0 Å². The van der Waals surface area contributed by atoms with Crippen LogP contribution in [0.5, 0.6) is 0 Å². The lowest BCUT2D eigenvalue weighted by Crippen LogP contribution is -2.22. The maximum absolute atomic E-state index is 5.56. The van der Waals surface area contributed by atoms with Crippen LogP contribution < -0.4 is 0 Å². The minimum Gasteiger partial charge on any atom is -0.466 e. The summed E-state index contributed by atoms with van der Waals surface area (Å²) in [6.45, 7) is 7.05. The molecule has 2 aromatic heterocycles. The molecule has 0 saturated carbocycles. The Bertz CT molecular complexity index is 504. The van der Waals surface area contributed by atoms with Crippen LogP contribution in [0.25, 0.3) is 0 Å². The third kappa shape index (κ3) is 2.79. The van der Waals surface area contributed by atoms with E-state index < -0.39 is 0 Å². The molecule has 0 amide bonds. The van der Waals surface area contributed by atoms with Gasteiger partial charge >= 0.3 is 0 Å². The maximum atomic E-state index is 5.56. The number of furan rings is 1. The highest BCUT2D eigenvalue weighted by molar-refractivity contribution is 5.20. The zero-order valence-electron chi connectivity index (χ0n) is 11.5. The van der Waals surface area contributed by atoms with Gasteiger partial charge in [-0.3, -0.25) is 9.88 Å². The molecule has 2 heterocycles. The number of hydrogen-bond donors (Lipinski definition) is 0. The zero-order valence-corrected chi connectivity index (χ0v) is 11.5. The summed E-state index contributed by atoms with van der Waals surface area (Å²) >= 11 is 0. The smallest absolute Gasteiger partial charge is 0.105 e. The van der Waals surface area contributed by atoms with Crippen molar-refractivity contribution >= 4 is 0 Å². The van der Waals surface area contributed by atoms with Gasteiger partial charge in [0.2, 0.25) is 0 Å². The summed E-state index contributed by atoms with van der Waals surface area (Å²) in [5.74, 6) is 1.98. The molecule has 0 fully saturated rings. The van der Waals surface area contributed by atoms with Crippen LogP contribution in [-0.4, -0.2) is 16.9 Å². The summed E-state index contributed by atoms with van der Waals surface area (Å²) in [7, 11) is 2.11. The molecule has 0 bridgehead atoms. The minimum absolute atomic E-state index is 0.292. The van der Waals surface area contributed by atoms with Crippen molar-refractivity contribution in [1.82, 2.24) is 9.88 Å². The predicted molar refractivity (Wildman–Crippen MR) is 72.3 cm³/mol. The Morgan fingerprint density at radius 3 is 2.67 bits per heavy atom. The Hall–Kier alpha value is -1.61. The average Bonchev–Trinajstić information content (AvgIpc) is 2.68. The Balaban J connectivity index is 2.08. The van der Waals surface area contributed by atoms with E-state index in [0.29, 0.717) is 6.04 Å². The lowest BCUT2D eigenvalue weighted by Gasteiger charge is -2.23. The number of pyridine rings is 1. The fraction of sp³-hybridized carbons (Fsp3) is 0.400. The summed E-state index contributed by atoms with van der Waals surface area (Å²) < 4.78 is 5.56. The van der Waals surface area contributed by atoms with Crippen molar-refractivity contribution in [3.8, 4) is 0 Å². The van der Waals surface area contributed by atoms with E-state index in [2.05, 4.69) is 36.0 Å². The van der Waals surface area contributed by atoms with E-state index in [-0.39, 0.29) is 0 Å². The Kier molecular flexibility index (Phi) is 3.82. The maximum Gasteiger partial charge on any atom is 0.105 e. The molecule has 0 spiro atoms. The fourth-order valence-electron chi connectivity index (χ4n) is 2.09. The van der Waals surface area contributed by atoms with Gasteiger partial charge in [-0.25, -0.2) is 0 Å². The number of hydrogen-bond acceptors (Lipinski definition) is 3. The molecular weight excluding hydrogens is 224 g/mol. The van der Waals surface area contributed by atoms with Gasteiger partial charge in [0.15, 0.2) is 0 Å². The molecule has 0 aliphatic heterocycles. The Morgan fingerprint density at radius 2 is 2.11 bits per heavy atom. The van der Waals surface area contributed by atoms with Crippen molar-refractivity contribution in [2.45, 2.75) is 33.4 Å². The summed E-state index contributed by atoms with van der Waals surface area (Å²) in [5, 5.41) is 0. The molecule has 0 aliphatic carbocycles. The van der Waals surface area contributed by atoms with E-state index in [1.54, 1.807) is 0 Å². The Labute approximate surface area is 108 Å². The van der Waals surface area contributed by atoms with Crippen molar-refractivity contribution < 1.29 is 4.42 Å². The lowest BCUT2D eigenvalue weighted by atomic mass is 10.1. The first-order valence-corrected chi connectivity index (χ1v) is 6.25. The van der Waals surface area contributed by atoms with Gasteiger partial charge in [-0.15, -0.1) is 0 Å². The van der Waals surface area contributed by atoms with E-state index >= 15 is 0 Å². The van der Waals surface area contributed by atoms with Crippen LogP contribution in [0.3, 0.4) is 0 Å². The lowest BCUT2D eigenvalue weighted by molar-refractivity contribution is 0.247. The summed E-state index contributed by atoms with van der Waals surface area (Å²) in [6, 6.07) is 8.44.